The lowest BCUT2D eigenvalue weighted by molar-refractivity contribution is 0.195. The summed E-state index contributed by atoms with van der Waals surface area (Å²) in [5.41, 5.74) is 28.5. The van der Waals surface area contributed by atoms with Crippen molar-refractivity contribution < 1.29 is 0 Å². The summed E-state index contributed by atoms with van der Waals surface area (Å²) in [6, 6.07) is 50.8. The molecule has 7 aromatic carbocycles. The van der Waals surface area contributed by atoms with Crippen LogP contribution in [0.15, 0.2) is 127 Å². The van der Waals surface area contributed by atoms with E-state index in [-0.39, 0.29) is 33.9 Å². The highest BCUT2D eigenvalue weighted by Gasteiger charge is 2.58. The lowest BCUT2D eigenvalue weighted by Gasteiger charge is -2.51. The second-order valence-electron chi connectivity index (χ2n) is 25.5. The van der Waals surface area contributed by atoms with Gasteiger partial charge in [-0.15, -0.1) is 0 Å². The van der Waals surface area contributed by atoms with Crippen molar-refractivity contribution in [2.75, 3.05) is 14.7 Å². The maximum atomic E-state index is 2.81. The summed E-state index contributed by atoms with van der Waals surface area (Å²) < 4.78 is 0. The molecule has 0 radical (unpaired) electrons. The van der Waals surface area contributed by atoms with E-state index in [0.717, 1.165) is 12.8 Å². The fourth-order valence-electron chi connectivity index (χ4n) is 14.1. The van der Waals surface area contributed by atoms with Gasteiger partial charge in [0.1, 0.15) is 0 Å². The van der Waals surface area contributed by atoms with Gasteiger partial charge in [0.2, 0.25) is 0 Å². The minimum absolute atomic E-state index is 0.00468. The maximum absolute atomic E-state index is 2.81. The summed E-state index contributed by atoms with van der Waals surface area (Å²) in [6.07, 6.45) is 7.09. The summed E-state index contributed by atoms with van der Waals surface area (Å²) in [5, 5.41) is 0. The Morgan fingerprint density at radius 1 is 0.514 bits per heavy atom. The molecule has 0 aromatic heterocycles. The number of nitrogens with zero attached hydrogens (tertiary/aromatic N) is 3. The predicted molar refractivity (Wildman–Crippen MR) is 302 cm³/mol. The molecule has 12 rings (SSSR count). The number of rotatable bonds is 4. The van der Waals surface area contributed by atoms with E-state index in [2.05, 4.69) is 232 Å². The van der Waals surface area contributed by atoms with Gasteiger partial charge < -0.3 is 14.7 Å². The topological polar surface area (TPSA) is 9.72 Å². The van der Waals surface area contributed by atoms with Crippen LogP contribution in [0.5, 0.6) is 0 Å². The first-order valence-corrected chi connectivity index (χ1v) is 26.4. The molecular weight excluding hydrogens is 846 g/mol. The van der Waals surface area contributed by atoms with Crippen LogP contribution < -0.4 is 31.1 Å². The number of hydrogen-bond donors (Lipinski definition) is 0. The van der Waals surface area contributed by atoms with Gasteiger partial charge in [-0.2, -0.15) is 0 Å². The average molecular weight is 918 g/mol. The monoisotopic (exact) mass is 918 g/mol. The highest BCUT2D eigenvalue weighted by Crippen LogP contribution is 2.62. The molecule has 1 saturated carbocycles. The Labute approximate surface area is 420 Å². The van der Waals surface area contributed by atoms with Gasteiger partial charge in [-0.25, -0.2) is 0 Å². The van der Waals surface area contributed by atoms with Crippen molar-refractivity contribution in [1.82, 2.24) is 0 Å². The van der Waals surface area contributed by atoms with E-state index < -0.39 is 0 Å². The molecule has 1 fully saturated rings. The minimum Gasteiger partial charge on any atom is -0.334 e. The zero-order chi connectivity index (χ0) is 49.0. The predicted octanol–water partition coefficient (Wildman–Crippen LogP) is 15.8. The molecule has 3 heterocycles. The smallest absolute Gasteiger partial charge is 0.252 e. The third kappa shape index (κ3) is 6.67. The Kier molecular flexibility index (Phi) is 9.84. The molecule has 7 aromatic rings. The fraction of sp³-hybridized carbons (Fsp3) is 0.364. The lowest BCUT2D eigenvalue weighted by atomic mass is 9.33. The number of benzene rings is 7. The zero-order valence-corrected chi connectivity index (χ0v) is 44.3. The summed E-state index contributed by atoms with van der Waals surface area (Å²) >= 11 is 0. The normalized spacial score (nSPS) is 20.7. The van der Waals surface area contributed by atoms with E-state index >= 15 is 0 Å². The molecule has 5 aliphatic rings. The van der Waals surface area contributed by atoms with Gasteiger partial charge in [-0.3, -0.25) is 0 Å². The summed E-state index contributed by atoms with van der Waals surface area (Å²) in [4.78, 5) is 8.14. The van der Waals surface area contributed by atoms with E-state index in [1.165, 1.54) is 143 Å². The second-order valence-corrected chi connectivity index (χ2v) is 25.5. The lowest BCUT2D eigenvalue weighted by Crippen LogP contribution is -2.61. The fourth-order valence-corrected chi connectivity index (χ4v) is 14.1. The van der Waals surface area contributed by atoms with Crippen LogP contribution in [0.1, 0.15) is 139 Å². The molecule has 0 bridgehead atoms. The Balaban J connectivity index is 1.15. The first-order valence-electron chi connectivity index (χ1n) is 26.4. The van der Waals surface area contributed by atoms with E-state index in [0.29, 0.717) is 0 Å². The van der Waals surface area contributed by atoms with Crippen LogP contribution >= 0.6 is 0 Å². The Morgan fingerprint density at radius 2 is 1.13 bits per heavy atom. The van der Waals surface area contributed by atoms with Gasteiger partial charge in [-0.05, 0) is 185 Å². The summed E-state index contributed by atoms with van der Waals surface area (Å²) in [7, 11) is 0. The van der Waals surface area contributed by atoms with Gasteiger partial charge in [0.05, 0.1) is 11.2 Å². The number of anilines is 8. The van der Waals surface area contributed by atoms with Crippen molar-refractivity contribution in [2.45, 2.75) is 150 Å². The van der Waals surface area contributed by atoms with E-state index in [4.69, 9.17) is 0 Å². The van der Waals surface area contributed by atoms with E-state index in [9.17, 15) is 0 Å². The van der Waals surface area contributed by atoms with Crippen LogP contribution in [0, 0.1) is 26.2 Å². The van der Waals surface area contributed by atoms with E-state index in [1.807, 2.05) is 0 Å². The molecule has 2 aliphatic carbocycles. The van der Waals surface area contributed by atoms with Crippen molar-refractivity contribution >= 4 is 68.6 Å². The van der Waals surface area contributed by atoms with Gasteiger partial charge >= 0.3 is 0 Å². The Morgan fingerprint density at radius 3 is 1.83 bits per heavy atom. The maximum Gasteiger partial charge on any atom is 0.252 e. The van der Waals surface area contributed by atoms with Crippen molar-refractivity contribution in [1.29, 1.82) is 0 Å². The molecule has 70 heavy (non-hydrogen) atoms. The van der Waals surface area contributed by atoms with Crippen molar-refractivity contribution in [2.24, 2.45) is 5.41 Å². The van der Waals surface area contributed by atoms with Crippen molar-refractivity contribution in [3.05, 3.63) is 172 Å². The first kappa shape index (κ1) is 45.2. The van der Waals surface area contributed by atoms with Crippen LogP contribution in [0.2, 0.25) is 0 Å². The summed E-state index contributed by atoms with van der Waals surface area (Å²) in [5.74, 6) is 0. The van der Waals surface area contributed by atoms with Gasteiger partial charge in [0.15, 0.2) is 0 Å². The third-order valence-corrected chi connectivity index (χ3v) is 17.8. The van der Waals surface area contributed by atoms with E-state index in [1.54, 1.807) is 0 Å². The second kappa shape index (κ2) is 15.3. The summed E-state index contributed by atoms with van der Waals surface area (Å²) in [6.45, 7) is 31.1. The SMILES string of the molecule is Cc1cc2c3c(c1)N(c1ccc(C(C)(C)C)cc1-c1ccccc1)c1cc4c(cc1B3c1ccc(N3c5c(C)cc(C)cc5C5(C)CCCCC35C)cc1N2c1ccc(C(C)(C)C)cc1)CC(C)(C)C4. The highest BCUT2D eigenvalue weighted by molar-refractivity contribution is 7.00. The molecule has 0 N–H and O–H groups in total. The van der Waals surface area contributed by atoms with Crippen LogP contribution in [-0.4, -0.2) is 12.3 Å². The Bertz CT molecular complexity index is 3290. The first-order chi connectivity index (χ1) is 33.1. The molecule has 3 aliphatic heterocycles. The van der Waals surface area contributed by atoms with Gasteiger partial charge in [0, 0.05) is 50.8 Å². The molecular formula is C66H72BN3. The van der Waals surface area contributed by atoms with Crippen LogP contribution in [0.4, 0.5) is 45.5 Å². The van der Waals surface area contributed by atoms with Crippen LogP contribution in [-0.2, 0) is 29.1 Å². The number of hydrogen-bond acceptors (Lipinski definition) is 3. The minimum atomic E-state index is -0.0554. The molecule has 0 spiro atoms. The van der Waals surface area contributed by atoms with Gasteiger partial charge in [-0.1, -0.05) is 154 Å². The molecule has 0 saturated heterocycles. The molecule has 354 valence electrons. The number of aryl methyl sites for hydroxylation is 3. The van der Waals surface area contributed by atoms with Crippen LogP contribution in [0.3, 0.4) is 0 Å². The molecule has 2 atom stereocenters. The van der Waals surface area contributed by atoms with Crippen molar-refractivity contribution in [3.63, 3.8) is 0 Å². The number of fused-ring (bicyclic) bond motifs is 8. The van der Waals surface area contributed by atoms with Crippen LogP contribution in [0.25, 0.3) is 11.1 Å². The highest BCUT2D eigenvalue weighted by atomic mass is 15.3. The largest absolute Gasteiger partial charge is 0.334 e. The van der Waals surface area contributed by atoms with Crippen molar-refractivity contribution in [3.8, 4) is 11.1 Å². The third-order valence-electron chi connectivity index (χ3n) is 17.8. The average Bonchev–Trinajstić information content (AvgIpc) is 3.72. The van der Waals surface area contributed by atoms with Gasteiger partial charge in [0.25, 0.3) is 6.71 Å². The molecule has 2 unspecified atom stereocenters. The molecule has 0 amide bonds. The Hall–Kier alpha value is -6.00. The zero-order valence-electron chi connectivity index (χ0n) is 44.3. The molecule has 4 heteroatoms. The molecule has 3 nitrogen and oxygen atoms in total. The standard InChI is InChI=1S/C66H72BN3/c1-41-31-43(3)61-52(32-41)65(12)29-17-18-30-66(65,13)70(61)50-26-27-53-57(38-50)68(49-24-21-47(22-25-49)62(4,5)6)58-33-42(2)34-59-60(58)67(53)54-35-45-39-64(10,11)40-46(45)36-56(54)69(59)55-28-23-48(63(7,8)9)37-51(55)44-19-15-14-16-20-44/h14-16,19-28,31-38H,17-18,29-30,39-40H2,1-13H3. The quantitative estimate of drug-likeness (QED) is 0.163.